The molecule has 6 N–H and O–H groups in total. The Balaban J connectivity index is 1.44. The third-order valence-electron chi connectivity index (χ3n) is 6.94. The van der Waals surface area contributed by atoms with Crippen molar-refractivity contribution in [1.29, 1.82) is 0 Å². The number of methoxy groups -OCH3 is 2. The molecule has 14 heteroatoms. The van der Waals surface area contributed by atoms with Crippen LogP contribution in [0.4, 0.5) is 0 Å². The van der Waals surface area contributed by atoms with E-state index in [1.165, 1.54) is 32.4 Å². The predicted molar refractivity (Wildman–Crippen MR) is 134 cm³/mol. The van der Waals surface area contributed by atoms with Gasteiger partial charge < -0.3 is 63.5 Å². The van der Waals surface area contributed by atoms with Gasteiger partial charge in [-0.05, 0) is 18.2 Å². The maximum Gasteiger partial charge on any atom is 0.229 e. The molecular weight excluding hydrogens is 536 g/mol. The molecule has 0 amide bonds. The molecule has 2 aliphatic heterocycles. The molecule has 40 heavy (non-hydrogen) atoms. The number of rotatable bonds is 7. The molecule has 3 heterocycles. The van der Waals surface area contributed by atoms with Crippen LogP contribution in [0, 0.1) is 0 Å². The summed E-state index contributed by atoms with van der Waals surface area (Å²) in [7, 11) is 2.85. The lowest BCUT2D eigenvalue weighted by molar-refractivity contribution is -0.307. The zero-order valence-corrected chi connectivity index (χ0v) is 21.4. The summed E-state index contributed by atoms with van der Waals surface area (Å²) in [5, 5.41) is 61.4. The summed E-state index contributed by atoms with van der Waals surface area (Å²) in [6.45, 7) is -0.781. The van der Waals surface area contributed by atoms with Crippen LogP contribution in [-0.4, -0.2) is 113 Å². The third kappa shape index (κ3) is 5.21. The molecule has 2 fully saturated rings. The summed E-state index contributed by atoms with van der Waals surface area (Å²) >= 11 is 0. The van der Waals surface area contributed by atoms with E-state index in [1.807, 2.05) is 0 Å². The fourth-order valence-electron chi connectivity index (χ4n) is 4.63. The minimum Gasteiger partial charge on any atom is -0.497 e. The van der Waals surface area contributed by atoms with Crippen LogP contribution in [-0.2, 0) is 14.2 Å². The van der Waals surface area contributed by atoms with E-state index in [9.17, 15) is 35.4 Å². The first-order valence-corrected chi connectivity index (χ1v) is 12.4. The molecule has 3 aromatic rings. The van der Waals surface area contributed by atoms with Gasteiger partial charge in [0.1, 0.15) is 76.5 Å². The van der Waals surface area contributed by atoms with E-state index in [1.54, 1.807) is 12.1 Å². The summed E-state index contributed by atoms with van der Waals surface area (Å²) in [5.74, 6) is 0.590. The quantitative estimate of drug-likeness (QED) is 0.182. The van der Waals surface area contributed by atoms with Gasteiger partial charge in [0.05, 0.1) is 32.8 Å². The molecule has 2 aromatic carbocycles. The molecule has 5 rings (SSSR count). The van der Waals surface area contributed by atoms with E-state index < -0.39 is 67.3 Å². The number of hydrogen-bond donors (Lipinski definition) is 6. The molecule has 0 radical (unpaired) electrons. The van der Waals surface area contributed by atoms with Crippen LogP contribution >= 0.6 is 0 Å². The standard InChI is InChI=1S/C26H30O14/c1-34-10-3-4-14-12(5-10)19(28)18-15(38-14)6-11(35-2)7-16(18)39-26-24(33)22(31)21(30)17(40-26)9-37-25-23(32)20(29)13(27)8-36-25/h3-7,13,17,20-27,29-33H,8-9H2,1-2H3/t13-,17-,20+,21-,22+,23-,24-,25+,26-/m1/s1. The van der Waals surface area contributed by atoms with Crippen molar-refractivity contribution >= 4 is 21.9 Å². The first-order valence-electron chi connectivity index (χ1n) is 12.4. The van der Waals surface area contributed by atoms with E-state index in [0.717, 1.165) is 0 Å². The second-order valence-corrected chi connectivity index (χ2v) is 9.51. The second-order valence-electron chi connectivity index (χ2n) is 9.51. The van der Waals surface area contributed by atoms with Crippen molar-refractivity contribution in [3.8, 4) is 17.2 Å². The monoisotopic (exact) mass is 566 g/mol. The van der Waals surface area contributed by atoms with Crippen molar-refractivity contribution in [3.05, 3.63) is 40.6 Å². The zero-order valence-electron chi connectivity index (χ0n) is 21.4. The van der Waals surface area contributed by atoms with Gasteiger partial charge >= 0.3 is 0 Å². The van der Waals surface area contributed by atoms with Crippen LogP contribution < -0.4 is 19.6 Å². The van der Waals surface area contributed by atoms with E-state index >= 15 is 0 Å². The van der Waals surface area contributed by atoms with Crippen LogP contribution in [0.15, 0.2) is 39.5 Å². The lowest BCUT2D eigenvalue weighted by Crippen LogP contribution is -2.61. The summed E-state index contributed by atoms with van der Waals surface area (Å²) in [4.78, 5) is 13.5. The van der Waals surface area contributed by atoms with Crippen molar-refractivity contribution < 1.29 is 63.5 Å². The van der Waals surface area contributed by atoms with Gasteiger partial charge in [0.15, 0.2) is 6.29 Å². The molecule has 9 atom stereocenters. The van der Waals surface area contributed by atoms with Gasteiger partial charge in [-0.1, -0.05) is 0 Å². The Labute approximate surface area is 226 Å². The number of fused-ring (bicyclic) bond motifs is 2. The maximum atomic E-state index is 13.5. The first kappa shape index (κ1) is 28.5. The van der Waals surface area contributed by atoms with Gasteiger partial charge in [0.2, 0.25) is 11.7 Å². The molecule has 0 unspecified atom stereocenters. The van der Waals surface area contributed by atoms with Crippen LogP contribution in [0.1, 0.15) is 0 Å². The maximum absolute atomic E-state index is 13.5. The number of ether oxygens (including phenoxy) is 6. The topological polar surface area (TPSA) is 207 Å². The Bertz CT molecular complexity index is 1410. The van der Waals surface area contributed by atoms with Crippen molar-refractivity contribution in [2.75, 3.05) is 27.4 Å². The highest BCUT2D eigenvalue weighted by atomic mass is 16.7. The summed E-state index contributed by atoms with van der Waals surface area (Å²) in [6.07, 6.45) is -13.9. The SMILES string of the molecule is COc1cc(O[C@@H]2O[C@H](CO[C@@H]3OC[C@@H](O)[C@H](O)[C@H]3O)[C@@H](O)[C@H](O)[C@H]2O)c2c(=O)c3cc(OC)ccc3oc2c1. The average Bonchev–Trinajstić information content (AvgIpc) is 2.96. The number of aliphatic hydroxyl groups is 6. The summed E-state index contributed by atoms with van der Waals surface area (Å²) < 4.78 is 38.6. The zero-order chi connectivity index (χ0) is 28.7. The van der Waals surface area contributed by atoms with Gasteiger partial charge in [-0.2, -0.15) is 0 Å². The van der Waals surface area contributed by atoms with Crippen LogP contribution in [0.3, 0.4) is 0 Å². The normalized spacial score (nSPS) is 32.8. The molecule has 0 bridgehead atoms. The third-order valence-corrected chi connectivity index (χ3v) is 6.94. The average molecular weight is 567 g/mol. The van der Waals surface area contributed by atoms with E-state index in [-0.39, 0.29) is 40.0 Å². The fourth-order valence-corrected chi connectivity index (χ4v) is 4.63. The minimum absolute atomic E-state index is 0.00274. The number of benzene rings is 2. The minimum atomic E-state index is -1.76. The van der Waals surface area contributed by atoms with Crippen LogP contribution in [0.5, 0.6) is 17.2 Å². The molecule has 0 aliphatic carbocycles. The second kappa shape index (κ2) is 11.4. The van der Waals surface area contributed by atoms with Gasteiger partial charge in [0.25, 0.3) is 0 Å². The Morgan fingerprint density at radius 1 is 0.825 bits per heavy atom. The van der Waals surface area contributed by atoms with Gasteiger partial charge in [0, 0.05) is 12.1 Å². The van der Waals surface area contributed by atoms with Crippen LogP contribution in [0.25, 0.3) is 21.9 Å². The smallest absolute Gasteiger partial charge is 0.229 e. The van der Waals surface area contributed by atoms with E-state index in [4.69, 9.17) is 32.8 Å². The molecule has 14 nitrogen and oxygen atoms in total. The van der Waals surface area contributed by atoms with E-state index in [0.29, 0.717) is 5.75 Å². The molecule has 218 valence electrons. The highest BCUT2D eigenvalue weighted by molar-refractivity contribution is 5.94. The lowest BCUT2D eigenvalue weighted by Gasteiger charge is -2.41. The summed E-state index contributed by atoms with van der Waals surface area (Å²) in [6, 6.07) is 7.59. The van der Waals surface area contributed by atoms with Gasteiger partial charge in [-0.15, -0.1) is 0 Å². The van der Waals surface area contributed by atoms with Gasteiger partial charge in [-0.3, -0.25) is 4.79 Å². The molecule has 1 aromatic heterocycles. The van der Waals surface area contributed by atoms with Gasteiger partial charge in [-0.25, -0.2) is 0 Å². The van der Waals surface area contributed by atoms with Crippen molar-refractivity contribution in [2.24, 2.45) is 0 Å². The lowest BCUT2D eigenvalue weighted by atomic mass is 9.99. The highest BCUT2D eigenvalue weighted by Crippen LogP contribution is 2.34. The van der Waals surface area contributed by atoms with E-state index in [2.05, 4.69) is 0 Å². The molecular formula is C26H30O14. The Morgan fingerprint density at radius 3 is 2.27 bits per heavy atom. The number of aliphatic hydroxyl groups excluding tert-OH is 6. The Morgan fingerprint density at radius 2 is 1.55 bits per heavy atom. The molecule has 0 saturated carbocycles. The highest BCUT2D eigenvalue weighted by Gasteiger charge is 2.46. The Hall–Kier alpha value is -3.05. The fraction of sp³-hybridized carbons (Fsp3) is 0.500. The van der Waals surface area contributed by atoms with Crippen molar-refractivity contribution in [3.63, 3.8) is 0 Å². The predicted octanol–water partition coefficient (Wildman–Crippen LogP) is -1.39. The van der Waals surface area contributed by atoms with Crippen LogP contribution in [0.2, 0.25) is 0 Å². The van der Waals surface area contributed by atoms with Crippen molar-refractivity contribution in [1.82, 2.24) is 0 Å². The van der Waals surface area contributed by atoms with Crippen molar-refractivity contribution in [2.45, 2.75) is 55.3 Å². The first-order chi connectivity index (χ1) is 19.1. The largest absolute Gasteiger partial charge is 0.497 e. The molecule has 0 spiro atoms. The molecule has 2 saturated heterocycles. The number of hydrogen-bond acceptors (Lipinski definition) is 14. The molecule has 2 aliphatic rings. The summed E-state index contributed by atoms with van der Waals surface area (Å²) in [5.41, 5.74) is -0.0679. The Kier molecular flexibility index (Phi) is 8.15.